The standard InChI is InChI=1S/C13H18ClFN2O.ClH/c1-9-6-10(14)7-11(13(9)18)12(8-15)17-4-2-16-3-5-17;/h6-7,12,16,18H,2-5,8H2,1H3;1H/t12-;/m0./s1. The number of benzene rings is 1. The molecule has 2 N–H and O–H groups in total. The largest absolute Gasteiger partial charge is 0.507 e. The number of piperazine rings is 1. The smallest absolute Gasteiger partial charge is 0.123 e. The summed E-state index contributed by atoms with van der Waals surface area (Å²) in [6, 6.07) is 2.94. The summed E-state index contributed by atoms with van der Waals surface area (Å²) in [6.45, 7) is 4.50. The molecular weight excluding hydrogens is 290 g/mol. The van der Waals surface area contributed by atoms with Gasteiger partial charge in [-0.05, 0) is 24.6 Å². The maximum atomic E-state index is 13.4. The van der Waals surface area contributed by atoms with Crippen molar-refractivity contribution in [3.8, 4) is 5.75 Å². The average Bonchev–Trinajstić information content (AvgIpc) is 2.37. The fraction of sp³-hybridized carbons (Fsp3) is 0.538. The molecule has 1 atom stereocenters. The van der Waals surface area contributed by atoms with E-state index in [9.17, 15) is 9.50 Å². The van der Waals surface area contributed by atoms with E-state index in [0.717, 1.165) is 26.2 Å². The Hall–Kier alpha value is -0.550. The van der Waals surface area contributed by atoms with Gasteiger partial charge in [0, 0.05) is 36.8 Å². The molecule has 1 aromatic rings. The van der Waals surface area contributed by atoms with Crippen LogP contribution >= 0.6 is 24.0 Å². The number of alkyl halides is 1. The lowest BCUT2D eigenvalue weighted by molar-refractivity contribution is 0.145. The molecule has 0 saturated carbocycles. The number of nitrogens with zero attached hydrogens (tertiary/aromatic N) is 1. The summed E-state index contributed by atoms with van der Waals surface area (Å²) in [6.07, 6.45) is 0. The summed E-state index contributed by atoms with van der Waals surface area (Å²) in [5, 5.41) is 13.9. The Kier molecular flexibility index (Phi) is 6.33. The van der Waals surface area contributed by atoms with Gasteiger partial charge in [-0.1, -0.05) is 11.6 Å². The van der Waals surface area contributed by atoms with Gasteiger partial charge in [0.25, 0.3) is 0 Å². The summed E-state index contributed by atoms with van der Waals surface area (Å²) in [4.78, 5) is 2.04. The highest BCUT2D eigenvalue weighted by Crippen LogP contribution is 2.34. The average molecular weight is 309 g/mol. The van der Waals surface area contributed by atoms with Crippen molar-refractivity contribution < 1.29 is 9.50 Å². The van der Waals surface area contributed by atoms with Crippen molar-refractivity contribution >= 4 is 24.0 Å². The van der Waals surface area contributed by atoms with Crippen molar-refractivity contribution in [3.63, 3.8) is 0 Å². The second-order valence-corrected chi connectivity index (χ2v) is 5.05. The minimum absolute atomic E-state index is 0. The molecule has 1 aromatic carbocycles. The van der Waals surface area contributed by atoms with E-state index < -0.39 is 12.7 Å². The Labute approximate surface area is 124 Å². The fourth-order valence-corrected chi connectivity index (χ4v) is 2.67. The van der Waals surface area contributed by atoms with Crippen LogP contribution in [0.25, 0.3) is 0 Å². The molecule has 1 saturated heterocycles. The van der Waals surface area contributed by atoms with E-state index in [0.29, 0.717) is 16.1 Å². The van der Waals surface area contributed by atoms with E-state index in [1.807, 2.05) is 4.90 Å². The SMILES string of the molecule is Cc1cc(Cl)cc([C@H](CF)N2CCNCC2)c1O.Cl. The van der Waals surface area contributed by atoms with Crippen LogP contribution in [0.1, 0.15) is 17.2 Å². The lowest BCUT2D eigenvalue weighted by atomic mass is 10.0. The van der Waals surface area contributed by atoms with Gasteiger partial charge in [0.15, 0.2) is 0 Å². The van der Waals surface area contributed by atoms with E-state index in [1.165, 1.54) is 0 Å². The highest BCUT2D eigenvalue weighted by Gasteiger charge is 2.25. The first-order valence-electron chi connectivity index (χ1n) is 6.13. The Morgan fingerprint density at radius 3 is 2.63 bits per heavy atom. The van der Waals surface area contributed by atoms with Gasteiger partial charge in [-0.15, -0.1) is 12.4 Å². The number of hydrogen-bond donors (Lipinski definition) is 2. The Morgan fingerprint density at radius 2 is 2.05 bits per heavy atom. The molecule has 3 nitrogen and oxygen atoms in total. The summed E-state index contributed by atoms with van der Waals surface area (Å²) >= 11 is 6.00. The highest BCUT2D eigenvalue weighted by atomic mass is 35.5. The van der Waals surface area contributed by atoms with Crippen LogP contribution in [0.5, 0.6) is 5.75 Å². The summed E-state index contributed by atoms with van der Waals surface area (Å²) in [5.74, 6) is 0.153. The topological polar surface area (TPSA) is 35.5 Å². The van der Waals surface area contributed by atoms with Gasteiger partial charge >= 0.3 is 0 Å². The Bertz CT molecular complexity index is 425. The van der Waals surface area contributed by atoms with E-state index in [-0.39, 0.29) is 18.2 Å². The van der Waals surface area contributed by atoms with Gasteiger partial charge in [-0.3, -0.25) is 4.90 Å². The third-order valence-electron chi connectivity index (χ3n) is 3.39. The number of aryl methyl sites for hydroxylation is 1. The molecule has 2 rings (SSSR count). The molecule has 0 amide bonds. The van der Waals surface area contributed by atoms with Crippen molar-refractivity contribution in [2.24, 2.45) is 0 Å². The Morgan fingerprint density at radius 1 is 1.42 bits per heavy atom. The summed E-state index contributed by atoms with van der Waals surface area (Å²) in [7, 11) is 0. The third kappa shape index (κ3) is 3.72. The zero-order valence-electron chi connectivity index (χ0n) is 10.8. The number of hydrogen-bond acceptors (Lipinski definition) is 3. The molecule has 1 aliphatic heterocycles. The first-order valence-corrected chi connectivity index (χ1v) is 6.51. The number of halogens is 3. The van der Waals surface area contributed by atoms with E-state index in [2.05, 4.69) is 5.32 Å². The first-order chi connectivity index (χ1) is 8.63. The molecule has 0 aromatic heterocycles. The lowest BCUT2D eigenvalue weighted by Crippen LogP contribution is -2.45. The van der Waals surface area contributed by atoms with E-state index in [1.54, 1.807) is 19.1 Å². The van der Waals surface area contributed by atoms with Crippen molar-refractivity contribution in [1.29, 1.82) is 0 Å². The molecule has 19 heavy (non-hydrogen) atoms. The van der Waals surface area contributed by atoms with Crippen molar-refractivity contribution in [2.45, 2.75) is 13.0 Å². The van der Waals surface area contributed by atoms with Crippen LogP contribution < -0.4 is 5.32 Å². The van der Waals surface area contributed by atoms with Gasteiger partial charge in [-0.2, -0.15) is 0 Å². The molecule has 0 aliphatic carbocycles. The second kappa shape index (κ2) is 7.29. The minimum Gasteiger partial charge on any atom is -0.507 e. The molecular formula is C13H19Cl2FN2O. The van der Waals surface area contributed by atoms with Crippen LogP contribution in [0, 0.1) is 6.92 Å². The van der Waals surface area contributed by atoms with Crippen molar-refractivity contribution in [2.75, 3.05) is 32.9 Å². The molecule has 1 fully saturated rings. The first kappa shape index (κ1) is 16.5. The van der Waals surface area contributed by atoms with Gasteiger partial charge in [-0.25, -0.2) is 4.39 Å². The summed E-state index contributed by atoms with van der Waals surface area (Å²) < 4.78 is 13.4. The number of phenolic OH excluding ortho intramolecular Hbond substituents is 1. The zero-order valence-corrected chi connectivity index (χ0v) is 12.4. The molecule has 1 heterocycles. The van der Waals surface area contributed by atoms with E-state index >= 15 is 0 Å². The molecule has 108 valence electrons. The van der Waals surface area contributed by atoms with Crippen LogP contribution in [0.4, 0.5) is 4.39 Å². The van der Waals surface area contributed by atoms with Gasteiger partial charge in [0.05, 0.1) is 6.04 Å². The van der Waals surface area contributed by atoms with Gasteiger partial charge in [0.1, 0.15) is 12.4 Å². The van der Waals surface area contributed by atoms with Crippen LogP contribution in [0.3, 0.4) is 0 Å². The predicted molar refractivity (Wildman–Crippen MR) is 78.3 cm³/mol. The highest BCUT2D eigenvalue weighted by molar-refractivity contribution is 6.30. The van der Waals surface area contributed by atoms with Gasteiger partial charge < -0.3 is 10.4 Å². The molecule has 0 unspecified atom stereocenters. The number of rotatable bonds is 3. The monoisotopic (exact) mass is 308 g/mol. The van der Waals surface area contributed by atoms with Gasteiger partial charge in [0.2, 0.25) is 0 Å². The number of phenols is 1. The molecule has 0 bridgehead atoms. The van der Waals surface area contributed by atoms with Crippen LogP contribution in [-0.2, 0) is 0 Å². The molecule has 0 spiro atoms. The van der Waals surface area contributed by atoms with Crippen LogP contribution in [-0.4, -0.2) is 42.9 Å². The van der Waals surface area contributed by atoms with E-state index in [4.69, 9.17) is 11.6 Å². The maximum absolute atomic E-state index is 13.4. The second-order valence-electron chi connectivity index (χ2n) is 4.62. The zero-order chi connectivity index (χ0) is 13.1. The normalized spacial score (nSPS) is 17.8. The minimum atomic E-state index is -0.520. The number of aromatic hydroxyl groups is 1. The Balaban J connectivity index is 0.00000180. The molecule has 0 radical (unpaired) electrons. The lowest BCUT2D eigenvalue weighted by Gasteiger charge is -2.34. The number of nitrogens with one attached hydrogen (secondary N) is 1. The van der Waals surface area contributed by atoms with Crippen LogP contribution in [0.2, 0.25) is 5.02 Å². The van der Waals surface area contributed by atoms with Crippen molar-refractivity contribution in [3.05, 3.63) is 28.3 Å². The summed E-state index contributed by atoms with van der Waals surface area (Å²) in [5.41, 5.74) is 1.27. The molecule has 6 heteroatoms. The maximum Gasteiger partial charge on any atom is 0.123 e. The third-order valence-corrected chi connectivity index (χ3v) is 3.61. The fourth-order valence-electron chi connectivity index (χ4n) is 2.39. The predicted octanol–water partition coefficient (Wildman–Crippen LogP) is 2.69. The van der Waals surface area contributed by atoms with Crippen molar-refractivity contribution in [1.82, 2.24) is 10.2 Å². The van der Waals surface area contributed by atoms with Crippen LogP contribution in [0.15, 0.2) is 12.1 Å². The quantitative estimate of drug-likeness (QED) is 0.901. The molecule has 1 aliphatic rings.